The van der Waals surface area contributed by atoms with E-state index in [4.69, 9.17) is 4.53 Å². The molecule has 1 N–H and O–H groups in total. The Balaban J connectivity index is 3.06. The third-order valence-corrected chi connectivity index (χ3v) is 2.78. The Morgan fingerprint density at radius 1 is 1.00 bits per heavy atom. The fourth-order valence-corrected chi connectivity index (χ4v) is 1.79. The minimum atomic E-state index is -0.562. The van der Waals surface area contributed by atoms with E-state index in [-0.39, 0.29) is 0 Å². The van der Waals surface area contributed by atoms with Gasteiger partial charge in [-0.3, -0.25) is 0 Å². The Bertz CT molecular complexity index is 143. The Kier molecular flexibility index (Phi) is 8.38. The first-order valence-corrected chi connectivity index (χ1v) is 8.52. The third-order valence-electron chi connectivity index (χ3n) is 2.23. The van der Waals surface area contributed by atoms with Crippen LogP contribution in [0.15, 0.2) is 0 Å². The number of hydrogen-bond donors (Lipinski definition) is 1. The van der Waals surface area contributed by atoms with Gasteiger partial charge in [0.15, 0.2) is 0 Å². The maximum Gasteiger partial charge on any atom is 0.235 e. The molecule has 15 heavy (non-hydrogen) atoms. The number of nitrogens with one attached hydrogen (secondary N) is 1. The maximum atomic E-state index is 5.35. The monoisotopic (exact) mass is 230 g/mol. The summed E-state index contributed by atoms with van der Waals surface area (Å²) in [5, 5.41) is 0. The molecule has 3 heteroatoms. The highest BCUT2D eigenvalue weighted by Gasteiger charge is 2.08. The highest BCUT2D eigenvalue weighted by Crippen LogP contribution is 2.22. The van der Waals surface area contributed by atoms with Crippen LogP contribution in [0, 0.1) is 5.41 Å². The molecule has 0 aromatic rings. The summed E-state index contributed by atoms with van der Waals surface area (Å²) in [6, 6.07) is 0. The van der Waals surface area contributed by atoms with Gasteiger partial charge in [0.05, 0.1) is 0 Å². The molecule has 0 heterocycles. The summed E-state index contributed by atoms with van der Waals surface area (Å²) < 4.78 is 5.35. The molecule has 0 spiro atoms. The number of unbranched alkanes of at least 4 members (excludes halogenated alkanes) is 3. The Hall–Kier alpha value is 0.137. The fourth-order valence-electron chi connectivity index (χ4n) is 1.40. The van der Waals surface area contributed by atoms with Crippen LogP contribution in [-0.2, 0) is 4.53 Å². The third kappa shape index (κ3) is 14.1. The first-order valence-electron chi connectivity index (χ1n) is 6.12. The second kappa shape index (κ2) is 8.31. The predicted octanol–water partition coefficient (Wildman–Crippen LogP) is 3.76. The first-order chi connectivity index (χ1) is 6.92. The van der Waals surface area contributed by atoms with Gasteiger partial charge in [0.2, 0.25) is 9.04 Å². The molecule has 0 amide bonds. The van der Waals surface area contributed by atoms with E-state index in [0.29, 0.717) is 5.41 Å². The minimum Gasteiger partial charge on any atom is -0.346 e. The maximum absolute atomic E-state index is 5.35. The summed E-state index contributed by atoms with van der Waals surface area (Å²) in [6.07, 6.45) is 6.62. The summed E-state index contributed by atoms with van der Waals surface area (Å²) in [5.74, 6) is 0. The largest absolute Gasteiger partial charge is 0.346 e. The van der Waals surface area contributed by atoms with Crippen LogP contribution >= 0.6 is 0 Å². The van der Waals surface area contributed by atoms with Crippen molar-refractivity contribution in [1.82, 2.24) is 5.48 Å². The SMILES string of the molecule is C[Si](C)ONCCCCCCC(C)(C)C. The average Bonchev–Trinajstić information content (AvgIpc) is 2.07. The van der Waals surface area contributed by atoms with Crippen molar-refractivity contribution in [3.8, 4) is 0 Å². The molecule has 0 unspecified atom stereocenters. The molecule has 0 aliphatic carbocycles. The van der Waals surface area contributed by atoms with Gasteiger partial charge in [-0.1, -0.05) is 40.0 Å². The molecular formula is C12H28NOSi. The number of hydroxylamine groups is 1. The summed E-state index contributed by atoms with van der Waals surface area (Å²) in [4.78, 5) is 0. The van der Waals surface area contributed by atoms with E-state index in [0.717, 1.165) is 6.54 Å². The molecule has 0 aromatic heterocycles. The van der Waals surface area contributed by atoms with E-state index < -0.39 is 9.04 Å². The van der Waals surface area contributed by atoms with Crippen molar-refractivity contribution in [3.05, 3.63) is 0 Å². The lowest BCUT2D eigenvalue weighted by Gasteiger charge is -2.17. The summed E-state index contributed by atoms with van der Waals surface area (Å²) in [7, 11) is -0.562. The van der Waals surface area contributed by atoms with E-state index in [2.05, 4.69) is 39.3 Å². The van der Waals surface area contributed by atoms with Gasteiger partial charge >= 0.3 is 0 Å². The van der Waals surface area contributed by atoms with Crippen molar-refractivity contribution < 1.29 is 4.53 Å². The molecule has 91 valence electrons. The Labute approximate surface area is 97.5 Å². The molecule has 0 aliphatic heterocycles. The normalized spacial score (nSPS) is 12.4. The van der Waals surface area contributed by atoms with Gasteiger partial charge in [-0.25, -0.2) is 5.48 Å². The summed E-state index contributed by atoms with van der Waals surface area (Å²) in [5.41, 5.74) is 3.54. The van der Waals surface area contributed by atoms with Crippen molar-refractivity contribution >= 4 is 9.04 Å². The molecule has 0 rings (SSSR count). The molecule has 1 radical (unpaired) electrons. The van der Waals surface area contributed by atoms with Gasteiger partial charge in [-0.05, 0) is 31.4 Å². The zero-order valence-corrected chi connectivity index (χ0v) is 12.2. The van der Waals surface area contributed by atoms with Crippen molar-refractivity contribution in [1.29, 1.82) is 0 Å². The topological polar surface area (TPSA) is 21.3 Å². The van der Waals surface area contributed by atoms with Crippen LogP contribution in [0.3, 0.4) is 0 Å². The van der Waals surface area contributed by atoms with E-state index in [9.17, 15) is 0 Å². The van der Waals surface area contributed by atoms with Crippen LogP contribution in [0.4, 0.5) is 0 Å². The van der Waals surface area contributed by atoms with E-state index in [1.165, 1.54) is 32.1 Å². The second-order valence-electron chi connectivity index (χ2n) is 5.63. The van der Waals surface area contributed by atoms with E-state index in [1.807, 2.05) is 0 Å². The molecule has 0 fully saturated rings. The number of rotatable bonds is 8. The fraction of sp³-hybridized carbons (Fsp3) is 1.00. The molecule has 0 bridgehead atoms. The van der Waals surface area contributed by atoms with Gasteiger partial charge in [-0.2, -0.15) is 0 Å². The lowest BCUT2D eigenvalue weighted by Crippen LogP contribution is -2.23. The number of hydrogen-bond acceptors (Lipinski definition) is 2. The van der Waals surface area contributed by atoms with Gasteiger partial charge in [0.25, 0.3) is 0 Å². The van der Waals surface area contributed by atoms with Crippen molar-refractivity contribution in [2.45, 2.75) is 66.0 Å². The molecule has 0 saturated heterocycles. The molecule has 2 nitrogen and oxygen atoms in total. The highest BCUT2D eigenvalue weighted by molar-refractivity contribution is 6.48. The van der Waals surface area contributed by atoms with Crippen LogP contribution in [0.1, 0.15) is 52.9 Å². The standard InChI is InChI=1S/C12H28NOSi/c1-12(2,3)10-8-6-7-9-11-13-14-15(4)5/h13H,6-11H2,1-5H3. The van der Waals surface area contributed by atoms with Crippen LogP contribution < -0.4 is 5.48 Å². The van der Waals surface area contributed by atoms with Crippen LogP contribution in [-0.4, -0.2) is 15.6 Å². The van der Waals surface area contributed by atoms with Crippen molar-refractivity contribution in [2.24, 2.45) is 5.41 Å². The molecule has 0 atom stereocenters. The lowest BCUT2D eigenvalue weighted by molar-refractivity contribution is 0.196. The van der Waals surface area contributed by atoms with Gasteiger partial charge < -0.3 is 4.53 Å². The Morgan fingerprint density at radius 2 is 1.60 bits per heavy atom. The molecule has 0 aliphatic rings. The van der Waals surface area contributed by atoms with Gasteiger partial charge in [0.1, 0.15) is 0 Å². The van der Waals surface area contributed by atoms with Gasteiger partial charge in [0, 0.05) is 6.54 Å². The van der Waals surface area contributed by atoms with Crippen LogP contribution in [0.2, 0.25) is 13.1 Å². The van der Waals surface area contributed by atoms with Crippen molar-refractivity contribution in [3.63, 3.8) is 0 Å². The molecule has 0 aromatic carbocycles. The van der Waals surface area contributed by atoms with E-state index >= 15 is 0 Å². The first kappa shape index (κ1) is 15.1. The Morgan fingerprint density at radius 3 is 2.13 bits per heavy atom. The van der Waals surface area contributed by atoms with Gasteiger partial charge in [-0.15, -0.1) is 0 Å². The quantitative estimate of drug-likeness (QED) is 0.389. The minimum absolute atomic E-state index is 0.503. The van der Waals surface area contributed by atoms with Crippen LogP contribution in [0.25, 0.3) is 0 Å². The smallest absolute Gasteiger partial charge is 0.235 e. The molecule has 0 saturated carbocycles. The predicted molar refractivity (Wildman–Crippen MR) is 69.1 cm³/mol. The zero-order valence-electron chi connectivity index (χ0n) is 11.2. The lowest BCUT2D eigenvalue weighted by atomic mass is 9.89. The highest BCUT2D eigenvalue weighted by atomic mass is 28.3. The van der Waals surface area contributed by atoms with Crippen molar-refractivity contribution in [2.75, 3.05) is 6.54 Å². The zero-order chi connectivity index (χ0) is 11.7. The summed E-state index contributed by atoms with van der Waals surface area (Å²) >= 11 is 0. The second-order valence-corrected chi connectivity index (χ2v) is 7.65. The van der Waals surface area contributed by atoms with Crippen LogP contribution in [0.5, 0.6) is 0 Å². The molecular weight excluding hydrogens is 202 g/mol. The van der Waals surface area contributed by atoms with E-state index in [1.54, 1.807) is 0 Å². The average molecular weight is 230 g/mol. The summed E-state index contributed by atoms with van der Waals surface area (Å²) in [6.45, 7) is 12.2.